The molecule has 0 bridgehead atoms. The number of rotatable bonds is 8. The van der Waals surface area contributed by atoms with Crippen LogP contribution in [0.15, 0.2) is 29.2 Å². The number of nitrogens with one attached hydrogen (secondary N) is 1. The van der Waals surface area contributed by atoms with E-state index in [1.54, 1.807) is 18.9 Å². The first-order valence-corrected chi connectivity index (χ1v) is 7.28. The fraction of sp³-hybridized carbons (Fsp3) is 0.500. The zero-order chi connectivity index (χ0) is 14.1. The van der Waals surface area contributed by atoms with Crippen molar-refractivity contribution < 1.29 is 14.3 Å². The van der Waals surface area contributed by atoms with Crippen LogP contribution in [0.25, 0.3) is 0 Å². The van der Waals surface area contributed by atoms with E-state index in [-0.39, 0.29) is 12.0 Å². The number of methoxy groups -OCH3 is 2. The Hall–Kier alpha value is -1.20. The molecular formula is C14H21NO3S. The molecule has 1 aromatic carbocycles. The third-order valence-corrected chi connectivity index (χ3v) is 3.75. The molecule has 1 atom stereocenters. The molecule has 0 aliphatic heterocycles. The predicted molar refractivity (Wildman–Crippen MR) is 77.8 cm³/mol. The molecule has 1 unspecified atom stereocenters. The number of hydrogen-bond acceptors (Lipinski definition) is 5. The largest absolute Gasteiger partial charge is 0.496 e. The average molecular weight is 283 g/mol. The normalized spacial score (nSPS) is 11.9. The number of thioether (sulfide) groups is 1. The van der Waals surface area contributed by atoms with Crippen molar-refractivity contribution in [3.63, 3.8) is 0 Å². The molecule has 0 aromatic heterocycles. The summed E-state index contributed by atoms with van der Waals surface area (Å²) < 4.78 is 10.1. The molecule has 1 rings (SSSR count). The van der Waals surface area contributed by atoms with Crippen LogP contribution in [0.3, 0.4) is 0 Å². The number of carbonyl (C=O) groups excluding carboxylic acids is 1. The molecule has 19 heavy (non-hydrogen) atoms. The molecule has 0 fully saturated rings. The molecule has 1 N–H and O–H groups in total. The first kappa shape index (κ1) is 15.9. The lowest BCUT2D eigenvalue weighted by atomic mass is 10.3. The van der Waals surface area contributed by atoms with Crippen molar-refractivity contribution in [2.45, 2.75) is 24.3 Å². The van der Waals surface area contributed by atoms with Crippen molar-refractivity contribution in [3.05, 3.63) is 24.3 Å². The van der Waals surface area contributed by atoms with E-state index in [0.717, 1.165) is 23.6 Å². The second-order valence-corrected chi connectivity index (χ2v) is 5.05. The first-order chi connectivity index (χ1) is 9.22. The summed E-state index contributed by atoms with van der Waals surface area (Å²) in [7, 11) is 3.06. The van der Waals surface area contributed by atoms with Crippen LogP contribution in [0.1, 0.15) is 13.3 Å². The SMILES string of the molecule is CCCNC(CSc1ccccc1OC)C(=O)OC. The van der Waals surface area contributed by atoms with E-state index in [2.05, 4.69) is 12.2 Å². The van der Waals surface area contributed by atoms with Gasteiger partial charge < -0.3 is 14.8 Å². The molecule has 1 aromatic rings. The maximum atomic E-state index is 11.7. The fourth-order valence-electron chi connectivity index (χ4n) is 1.58. The lowest BCUT2D eigenvalue weighted by molar-refractivity contribution is -0.142. The minimum absolute atomic E-state index is 0.226. The summed E-state index contributed by atoms with van der Waals surface area (Å²) in [5.74, 6) is 1.22. The van der Waals surface area contributed by atoms with Gasteiger partial charge in [-0.2, -0.15) is 0 Å². The Kier molecular flexibility index (Phi) is 7.36. The van der Waals surface area contributed by atoms with Crippen molar-refractivity contribution in [1.29, 1.82) is 0 Å². The van der Waals surface area contributed by atoms with Crippen LogP contribution in [0.5, 0.6) is 5.75 Å². The lowest BCUT2D eigenvalue weighted by Crippen LogP contribution is -2.40. The molecular weight excluding hydrogens is 262 g/mol. The maximum Gasteiger partial charge on any atom is 0.323 e. The van der Waals surface area contributed by atoms with Gasteiger partial charge in [0.25, 0.3) is 0 Å². The molecule has 0 saturated carbocycles. The van der Waals surface area contributed by atoms with Gasteiger partial charge in [-0.15, -0.1) is 11.8 Å². The Labute approximate surface area is 118 Å². The molecule has 4 nitrogen and oxygen atoms in total. The summed E-state index contributed by atoms with van der Waals surface area (Å²) in [5.41, 5.74) is 0. The van der Waals surface area contributed by atoms with Gasteiger partial charge in [0.2, 0.25) is 0 Å². The zero-order valence-electron chi connectivity index (χ0n) is 11.6. The van der Waals surface area contributed by atoms with E-state index in [9.17, 15) is 4.79 Å². The van der Waals surface area contributed by atoms with Crippen molar-refractivity contribution in [3.8, 4) is 5.75 Å². The zero-order valence-corrected chi connectivity index (χ0v) is 12.5. The van der Waals surface area contributed by atoms with Crippen molar-refractivity contribution >= 4 is 17.7 Å². The Morgan fingerprint density at radius 1 is 1.37 bits per heavy atom. The maximum absolute atomic E-state index is 11.7. The van der Waals surface area contributed by atoms with Crippen LogP contribution in [-0.4, -0.2) is 38.5 Å². The molecule has 0 radical (unpaired) electrons. The third-order valence-electron chi connectivity index (χ3n) is 2.60. The Balaban J connectivity index is 2.62. The number of carbonyl (C=O) groups is 1. The first-order valence-electron chi connectivity index (χ1n) is 6.30. The van der Waals surface area contributed by atoms with Gasteiger partial charge in [-0.3, -0.25) is 4.79 Å². The van der Waals surface area contributed by atoms with E-state index in [1.165, 1.54) is 7.11 Å². The molecule has 0 spiro atoms. The molecule has 0 aliphatic rings. The number of ether oxygens (including phenoxy) is 2. The lowest BCUT2D eigenvalue weighted by Gasteiger charge is -2.16. The van der Waals surface area contributed by atoms with E-state index < -0.39 is 0 Å². The summed E-state index contributed by atoms with van der Waals surface area (Å²) in [6.07, 6.45) is 0.979. The molecule has 0 heterocycles. The molecule has 0 aliphatic carbocycles. The van der Waals surface area contributed by atoms with Crippen LogP contribution in [0.4, 0.5) is 0 Å². The van der Waals surface area contributed by atoms with Gasteiger partial charge in [-0.1, -0.05) is 19.1 Å². The standard InChI is InChI=1S/C14H21NO3S/c1-4-9-15-11(14(16)18-3)10-19-13-8-6-5-7-12(13)17-2/h5-8,11,15H,4,9-10H2,1-3H3. The van der Waals surface area contributed by atoms with Crippen LogP contribution in [0, 0.1) is 0 Å². The van der Waals surface area contributed by atoms with Gasteiger partial charge in [0.05, 0.1) is 14.2 Å². The smallest absolute Gasteiger partial charge is 0.323 e. The minimum Gasteiger partial charge on any atom is -0.496 e. The summed E-state index contributed by atoms with van der Waals surface area (Å²) in [6, 6.07) is 7.49. The third kappa shape index (κ3) is 5.12. The van der Waals surface area contributed by atoms with Crippen LogP contribution in [0.2, 0.25) is 0 Å². The van der Waals surface area contributed by atoms with E-state index in [4.69, 9.17) is 9.47 Å². The van der Waals surface area contributed by atoms with Crippen molar-refractivity contribution in [2.24, 2.45) is 0 Å². The molecule has 0 amide bonds. The van der Waals surface area contributed by atoms with Crippen molar-refractivity contribution in [2.75, 3.05) is 26.5 Å². The number of hydrogen-bond donors (Lipinski definition) is 1. The summed E-state index contributed by atoms with van der Waals surface area (Å²) in [4.78, 5) is 12.7. The van der Waals surface area contributed by atoms with E-state index >= 15 is 0 Å². The molecule has 106 valence electrons. The quantitative estimate of drug-likeness (QED) is 0.586. The van der Waals surface area contributed by atoms with Gasteiger partial charge in [-0.25, -0.2) is 0 Å². The van der Waals surface area contributed by atoms with Crippen LogP contribution < -0.4 is 10.1 Å². The number of para-hydroxylation sites is 1. The minimum atomic E-state index is -0.292. The number of esters is 1. The molecule has 5 heteroatoms. The van der Waals surface area contributed by atoms with Gasteiger partial charge in [0.15, 0.2) is 0 Å². The highest BCUT2D eigenvalue weighted by atomic mass is 32.2. The highest BCUT2D eigenvalue weighted by molar-refractivity contribution is 7.99. The second kappa shape index (κ2) is 8.82. The molecule has 0 saturated heterocycles. The monoisotopic (exact) mass is 283 g/mol. The highest BCUT2D eigenvalue weighted by Crippen LogP contribution is 2.29. The summed E-state index contributed by atoms with van der Waals surface area (Å²) >= 11 is 1.59. The average Bonchev–Trinajstić information content (AvgIpc) is 2.47. The van der Waals surface area contributed by atoms with Gasteiger partial charge in [-0.05, 0) is 25.1 Å². The van der Waals surface area contributed by atoms with E-state index in [1.807, 2.05) is 24.3 Å². The summed E-state index contributed by atoms with van der Waals surface area (Å²) in [5, 5.41) is 3.19. The Morgan fingerprint density at radius 2 is 2.11 bits per heavy atom. The van der Waals surface area contributed by atoms with E-state index in [0.29, 0.717) is 5.75 Å². The fourth-order valence-corrected chi connectivity index (χ4v) is 2.65. The Morgan fingerprint density at radius 3 is 2.74 bits per heavy atom. The van der Waals surface area contributed by atoms with Gasteiger partial charge in [0.1, 0.15) is 11.8 Å². The topological polar surface area (TPSA) is 47.6 Å². The highest BCUT2D eigenvalue weighted by Gasteiger charge is 2.19. The van der Waals surface area contributed by atoms with Gasteiger partial charge in [0, 0.05) is 10.6 Å². The van der Waals surface area contributed by atoms with Crippen LogP contribution >= 0.6 is 11.8 Å². The summed E-state index contributed by atoms with van der Waals surface area (Å²) in [6.45, 7) is 2.86. The predicted octanol–water partition coefficient (Wildman–Crippen LogP) is 2.33. The Bertz CT molecular complexity index is 398. The van der Waals surface area contributed by atoms with Gasteiger partial charge >= 0.3 is 5.97 Å². The van der Waals surface area contributed by atoms with Crippen LogP contribution in [-0.2, 0) is 9.53 Å². The van der Waals surface area contributed by atoms with Crippen molar-refractivity contribution in [1.82, 2.24) is 5.32 Å². The second-order valence-electron chi connectivity index (χ2n) is 3.99. The number of benzene rings is 1.